The van der Waals surface area contributed by atoms with E-state index in [-0.39, 0.29) is 12.1 Å². The lowest BCUT2D eigenvalue weighted by Crippen LogP contribution is -2.50. The zero-order chi connectivity index (χ0) is 17.5. The van der Waals surface area contributed by atoms with Gasteiger partial charge in [-0.15, -0.1) is 0 Å². The number of carbonyl (C=O) groups excluding carboxylic acids is 1. The highest BCUT2D eigenvalue weighted by Crippen LogP contribution is 2.33. The Morgan fingerprint density at radius 3 is 2.79 bits per heavy atom. The van der Waals surface area contributed by atoms with E-state index in [9.17, 15) is 4.79 Å². The number of ether oxygens (including phenoxy) is 2. The van der Waals surface area contributed by atoms with Crippen molar-refractivity contribution in [2.75, 3.05) is 25.3 Å². The monoisotopic (exact) mass is 352 g/mol. The average molecular weight is 353 g/mol. The molecule has 2 unspecified atom stereocenters. The van der Waals surface area contributed by atoms with Gasteiger partial charge in [0.2, 0.25) is 12.7 Å². The van der Waals surface area contributed by atoms with Crippen molar-refractivity contribution in [1.82, 2.24) is 10.2 Å². The molecule has 1 aliphatic heterocycles. The van der Waals surface area contributed by atoms with Crippen molar-refractivity contribution in [1.29, 1.82) is 0 Å². The van der Waals surface area contributed by atoms with Gasteiger partial charge in [0, 0.05) is 18.2 Å². The van der Waals surface area contributed by atoms with Crippen molar-refractivity contribution in [3.63, 3.8) is 0 Å². The number of benzene rings is 1. The standard InChI is InChI=1S/C18H28N2O3S/c1-5-20(14(3)19-18(21)8-9-24-4)13(2)10-15-6-7-16-17(11-15)23-12-22-16/h6-7,11,13-14H,5,8-10,12H2,1-4H3,(H,19,21). The first kappa shape index (κ1) is 18.9. The first-order chi connectivity index (χ1) is 11.5. The molecule has 0 bridgehead atoms. The highest BCUT2D eigenvalue weighted by atomic mass is 32.2. The Morgan fingerprint density at radius 2 is 2.08 bits per heavy atom. The largest absolute Gasteiger partial charge is 0.454 e. The van der Waals surface area contributed by atoms with Gasteiger partial charge in [-0.05, 0) is 50.8 Å². The summed E-state index contributed by atoms with van der Waals surface area (Å²) < 4.78 is 10.8. The molecule has 1 aliphatic rings. The number of likely N-dealkylation sites (N-methyl/N-ethyl adjacent to an activating group) is 1. The first-order valence-corrected chi connectivity index (χ1v) is 9.87. The molecule has 1 N–H and O–H groups in total. The molecule has 6 heteroatoms. The van der Waals surface area contributed by atoms with Crippen LogP contribution in [0.3, 0.4) is 0 Å². The molecule has 0 fully saturated rings. The van der Waals surface area contributed by atoms with Gasteiger partial charge in [-0.2, -0.15) is 11.8 Å². The number of hydrogen-bond donors (Lipinski definition) is 1. The molecule has 5 nitrogen and oxygen atoms in total. The molecular formula is C18H28N2O3S. The Hall–Kier alpha value is -1.40. The average Bonchev–Trinajstić information content (AvgIpc) is 3.01. The molecule has 1 aromatic rings. The van der Waals surface area contributed by atoms with Crippen LogP contribution in [0.1, 0.15) is 32.8 Å². The van der Waals surface area contributed by atoms with E-state index >= 15 is 0 Å². The fourth-order valence-corrected chi connectivity index (χ4v) is 3.47. The third kappa shape index (κ3) is 5.05. The summed E-state index contributed by atoms with van der Waals surface area (Å²) in [5, 5.41) is 3.10. The second kappa shape index (κ2) is 9.18. The number of carbonyl (C=O) groups is 1. The third-order valence-electron chi connectivity index (χ3n) is 4.30. The predicted molar refractivity (Wildman–Crippen MR) is 98.7 cm³/mol. The van der Waals surface area contributed by atoms with Crippen LogP contribution in [0.15, 0.2) is 18.2 Å². The Morgan fingerprint density at radius 1 is 1.33 bits per heavy atom. The topological polar surface area (TPSA) is 50.8 Å². The number of nitrogens with zero attached hydrogens (tertiary/aromatic N) is 1. The lowest BCUT2D eigenvalue weighted by atomic mass is 10.0. The van der Waals surface area contributed by atoms with Gasteiger partial charge in [-0.25, -0.2) is 0 Å². The molecule has 0 saturated carbocycles. The van der Waals surface area contributed by atoms with E-state index in [2.05, 4.69) is 37.1 Å². The number of rotatable bonds is 9. The van der Waals surface area contributed by atoms with Crippen LogP contribution in [-0.2, 0) is 11.2 Å². The van der Waals surface area contributed by atoms with Crippen molar-refractivity contribution < 1.29 is 14.3 Å². The summed E-state index contributed by atoms with van der Waals surface area (Å²) >= 11 is 1.69. The van der Waals surface area contributed by atoms with Gasteiger partial charge in [-0.3, -0.25) is 9.69 Å². The Kier molecular flexibility index (Phi) is 7.24. The van der Waals surface area contributed by atoms with Crippen LogP contribution >= 0.6 is 11.8 Å². The van der Waals surface area contributed by atoms with Crippen molar-refractivity contribution in [3.05, 3.63) is 23.8 Å². The van der Waals surface area contributed by atoms with E-state index in [1.54, 1.807) is 11.8 Å². The van der Waals surface area contributed by atoms with Crippen LogP contribution < -0.4 is 14.8 Å². The summed E-state index contributed by atoms with van der Waals surface area (Å²) in [7, 11) is 0. The lowest BCUT2D eigenvalue weighted by Gasteiger charge is -2.34. The normalized spacial score (nSPS) is 15.4. The Balaban J connectivity index is 1.92. The van der Waals surface area contributed by atoms with E-state index in [0.29, 0.717) is 19.3 Å². The second-order valence-electron chi connectivity index (χ2n) is 6.06. The highest BCUT2D eigenvalue weighted by molar-refractivity contribution is 7.98. The number of fused-ring (bicyclic) bond motifs is 1. The van der Waals surface area contributed by atoms with Gasteiger partial charge in [0.1, 0.15) is 0 Å². The molecule has 1 aromatic carbocycles. The zero-order valence-electron chi connectivity index (χ0n) is 15.0. The van der Waals surface area contributed by atoms with Crippen molar-refractivity contribution >= 4 is 17.7 Å². The molecule has 0 aromatic heterocycles. The lowest BCUT2D eigenvalue weighted by molar-refractivity contribution is -0.122. The highest BCUT2D eigenvalue weighted by Gasteiger charge is 2.21. The maximum atomic E-state index is 12.0. The van der Waals surface area contributed by atoms with E-state index < -0.39 is 0 Å². The SMILES string of the molecule is CCN(C(C)Cc1ccc2c(c1)OCO2)C(C)NC(=O)CCSC. The molecule has 2 rings (SSSR count). The summed E-state index contributed by atoms with van der Waals surface area (Å²) in [5.41, 5.74) is 1.21. The first-order valence-electron chi connectivity index (χ1n) is 8.47. The minimum atomic E-state index is 0.0216. The van der Waals surface area contributed by atoms with Gasteiger partial charge >= 0.3 is 0 Å². The van der Waals surface area contributed by atoms with E-state index in [1.165, 1.54) is 5.56 Å². The van der Waals surface area contributed by atoms with Gasteiger partial charge in [0.15, 0.2) is 11.5 Å². The molecule has 134 valence electrons. The molecule has 0 spiro atoms. The summed E-state index contributed by atoms with van der Waals surface area (Å²) in [4.78, 5) is 14.3. The summed E-state index contributed by atoms with van der Waals surface area (Å²) in [6.45, 7) is 7.56. The van der Waals surface area contributed by atoms with Crippen LogP contribution in [0.25, 0.3) is 0 Å². The minimum Gasteiger partial charge on any atom is -0.454 e. The van der Waals surface area contributed by atoms with Gasteiger partial charge in [0.25, 0.3) is 0 Å². The minimum absolute atomic E-state index is 0.0216. The fourth-order valence-electron chi connectivity index (χ4n) is 3.08. The molecule has 24 heavy (non-hydrogen) atoms. The Labute approximate surface area is 149 Å². The molecule has 0 radical (unpaired) electrons. The molecular weight excluding hydrogens is 324 g/mol. The number of nitrogens with one attached hydrogen (secondary N) is 1. The molecule has 0 saturated heterocycles. The molecule has 2 atom stereocenters. The van der Waals surface area contributed by atoms with Crippen molar-refractivity contribution in [3.8, 4) is 11.5 Å². The maximum absolute atomic E-state index is 12.0. The van der Waals surface area contributed by atoms with Gasteiger partial charge in [0.05, 0.1) is 6.17 Å². The fraction of sp³-hybridized carbons (Fsp3) is 0.611. The molecule has 1 heterocycles. The quantitative estimate of drug-likeness (QED) is 0.693. The summed E-state index contributed by atoms with van der Waals surface area (Å²) in [6, 6.07) is 6.41. The molecule has 0 aliphatic carbocycles. The van der Waals surface area contributed by atoms with Crippen LogP contribution in [0.5, 0.6) is 11.5 Å². The molecule has 1 amide bonds. The summed E-state index contributed by atoms with van der Waals surface area (Å²) in [5.74, 6) is 2.61. The van der Waals surface area contributed by atoms with Crippen LogP contribution in [0.4, 0.5) is 0 Å². The van der Waals surface area contributed by atoms with E-state index in [0.717, 1.165) is 30.2 Å². The van der Waals surface area contributed by atoms with Gasteiger partial charge < -0.3 is 14.8 Å². The van der Waals surface area contributed by atoms with Crippen LogP contribution in [0, 0.1) is 0 Å². The smallest absolute Gasteiger partial charge is 0.231 e. The number of hydrogen-bond acceptors (Lipinski definition) is 5. The maximum Gasteiger partial charge on any atom is 0.231 e. The van der Waals surface area contributed by atoms with Gasteiger partial charge in [-0.1, -0.05) is 13.0 Å². The van der Waals surface area contributed by atoms with E-state index in [4.69, 9.17) is 9.47 Å². The number of thioether (sulfide) groups is 1. The second-order valence-corrected chi connectivity index (χ2v) is 7.04. The predicted octanol–water partition coefficient (Wildman–Crippen LogP) is 2.88. The van der Waals surface area contributed by atoms with Crippen LogP contribution in [-0.4, -0.2) is 48.4 Å². The Bertz CT molecular complexity index is 553. The summed E-state index contributed by atoms with van der Waals surface area (Å²) in [6.07, 6.45) is 3.51. The van der Waals surface area contributed by atoms with Crippen molar-refractivity contribution in [2.45, 2.75) is 45.8 Å². The van der Waals surface area contributed by atoms with Crippen molar-refractivity contribution in [2.24, 2.45) is 0 Å². The zero-order valence-corrected chi connectivity index (χ0v) is 15.8. The van der Waals surface area contributed by atoms with E-state index in [1.807, 2.05) is 18.4 Å². The van der Waals surface area contributed by atoms with Crippen LogP contribution in [0.2, 0.25) is 0 Å². The number of amides is 1. The third-order valence-corrected chi connectivity index (χ3v) is 4.91.